The quantitative estimate of drug-likeness (QED) is 0.325. The fourth-order valence-electron chi connectivity index (χ4n) is 3.15. The van der Waals surface area contributed by atoms with Gasteiger partial charge in [-0.3, -0.25) is 12.2 Å². The van der Waals surface area contributed by atoms with Gasteiger partial charge in [0.1, 0.15) is 0 Å². The zero-order valence-electron chi connectivity index (χ0n) is 18.6. The van der Waals surface area contributed by atoms with Gasteiger partial charge in [0.2, 0.25) is 0 Å². The van der Waals surface area contributed by atoms with Crippen LogP contribution in [0.15, 0.2) is 115 Å². The van der Waals surface area contributed by atoms with Crippen LogP contribution in [0.3, 0.4) is 0 Å². The molecular formula is C29H26Cl2SiZr-2. The Morgan fingerprint density at radius 1 is 0.606 bits per heavy atom. The second-order valence-corrected chi connectivity index (χ2v) is 14.5. The van der Waals surface area contributed by atoms with Gasteiger partial charge in [0.15, 0.2) is 0 Å². The minimum Gasteiger partial charge on any atom is -1.00 e. The van der Waals surface area contributed by atoms with Gasteiger partial charge in [-0.1, -0.05) is 60.7 Å². The first kappa shape index (κ1) is 29.3. The normalized spacial score (nSPS) is 12.6. The van der Waals surface area contributed by atoms with E-state index in [-0.39, 0.29) is 30.2 Å². The molecule has 0 fully saturated rings. The van der Waals surface area contributed by atoms with Crippen molar-refractivity contribution >= 4 is 21.8 Å². The summed E-state index contributed by atoms with van der Waals surface area (Å²) in [4.78, 5) is 0. The van der Waals surface area contributed by atoms with Gasteiger partial charge in [-0.25, -0.2) is 12.2 Å². The van der Waals surface area contributed by atoms with Crippen LogP contribution in [0, 0.1) is 12.2 Å². The summed E-state index contributed by atoms with van der Waals surface area (Å²) in [6, 6.07) is 31.5. The molecule has 4 heteroatoms. The Hall–Kier alpha value is -1.70. The van der Waals surface area contributed by atoms with E-state index in [1.807, 2.05) is 12.1 Å². The van der Waals surface area contributed by atoms with Crippen molar-refractivity contribution in [3.05, 3.63) is 139 Å². The second kappa shape index (κ2) is 16.8. The zero-order chi connectivity index (χ0) is 21.7. The molecule has 0 atom stereocenters. The predicted molar refractivity (Wildman–Crippen MR) is 131 cm³/mol. The topological polar surface area (TPSA) is 0 Å². The largest absolute Gasteiger partial charge is 1.00 e. The van der Waals surface area contributed by atoms with E-state index in [1.54, 1.807) is 28.5 Å². The molecule has 0 bridgehead atoms. The van der Waals surface area contributed by atoms with Crippen molar-refractivity contribution in [2.24, 2.45) is 0 Å². The molecule has 0 nitrogen and oxygen atoms in total. The van der Waals surface area contributed by atoms with E-state index in [9.17, 15) is 0 Å². The van der Waals surface area contributed by atoms with Gasteiger partial charge < -0.3 is 24.8 Å². The monoisotopic (exact) mass is 562 g/mol. The van der Waals surface area contributed by atoms with Crippen LogP contribution in [0.25, 0.3) is 11.1 Å². The number of benzene rings is 3. The predicted octanol–water partition coefficient (Wildman–Crippen LogP) is 0.736. The maximum absolute atomic E-state index is 3.15. The Morgan fingerprint density at radius 2 is 0.970 bits per heavy atom. The molecule has 0 aromatic heterocycles. The van der Waals surface area contributed by atoms with Crippen LogP contribution in [0.5, 0.6) is 0 Å². The van der Waals surface area contributed by atoms with Gasteiger partial charge in [-0.2, -0.15) is 23.3 Å². The van der Waals surface area contributed by atoms with Crippen molar-refractivity contribution in [3.8, 4) is 0 Å². The van der Waals surface area contributed by atoms with E-state index in [2.05, 4.69) is 122 Å². The Labute approximate surface area is 226 Å². The first-order valence-corrected chi connectivity index (χ1v) is 16.2. The molecule has 0 unspecified atom stereocenters. The number of hydrogen-bond acceptors (Lipinski definition) is 0. The van der Waals surface area contributed by atoms with Gasteiger partial charge in [0, 0.05) is 0 Å². The molecule has 0 amide bonds. The standard InChI is InChI=1S/2C11H9.C7H8Si.2ClH.Zr/c2*1-2-6-10(7-3-1)11-8-4-5-9-11;1-8-7-5-3-2-4-6-7;;;/h2*1-3,6-9H,4H2;2-6H,1H3;2*1H;/q2*-1;;;;+2/p-2. The molecule has 33 heavy (non-hydrogen) atoms. The molecule has 166 valence electrons. The van der Waals surface area contributed by atoms with Crippen molar-refractivity contribution in [2.45, 2.75) is 19.4 Å². The van der Waals surface area contributed by atoms with Crippen molar-refractivity contribution in [1.29, 1.82) is 0 Å². The van der Waals surface area contributed by atoms with Crippen LogP contribution in [0.1, 0.15) is 24.0 Å². The molecule has 0 aliphatic heterocycles. The van der Waals surface area contributed by atoms with Gasteiger partial charge in [-0.15, -0.1) is 24.0 Å². The van der Waals surface area contributed by atoms with Crippen LogP contribution in [-0.4, -0.2) is 5.43 Å². The number of allylic oxidation sites excluding steroid dienone is 8. The van der Waals surface area contributed by atoms with Crippen LogP contribution >= 0.6 is 0 Å². The first-order chi connectivity index (χ1) is 15.2. The van der Waals surface area contributed by atoms with E-state index in [4.69, 9.17) is 0 Å². The molecule has 3 aromatic carbocycles. The first-order valence-electron chi connectivity index (χ1n) is 10.5. The van der Waals surface area contributed by atoms with Crippen LogP contribution in [0.2, 0.25) is 6.55 Å². The Bertz CT molecular complexity index is 1020. The second-order valence-electron chi connectivity index (χ2n) is 7.15. The third kappa shape index (κ3) is 10.4. The Morgan fingerprint density at radius 3 is 1.24 bits per heavy atom. The SMILES string of the molecule is C[Si](=[Zr+2])c1ccccc1.[C-]1=CC(c2ccccc2)=CC1.[C-]1=CC(c2ccccc2)=CC1.[Cl-].[Cl-]. The van der Waals surface area contributed by atoms with Gasteiger partial charge in [0.05, 0.1) is 0 Å². The maximum atomic E-state index is 3.15. The summed E-state index contributed by atoms with van der Waals surface area (Å²) >= 11 is 1.69. The summed E-state index contributed by atoms with van der Waals surface area (Å²) in [6.45, 7) is 2.35. The molecule has 0 saturated heterocycles. The van der Waals surface area contributed by atoms with Crippen molar-refractivity contribution in [3.63, 3.8) is 0 Å². The van der Waals surface area contributed by atoms with E-state index in [1.165, 1.54) is 22.3 Å². The van der Waals surface area contributed by atoms with E-state index in [0.29, 0.717) is 0 Å². The van der Waals surface area contributed by atoms with E-state index < -0.39 is 0 Å². The zero-order valence-corrected chi connectivity index (χ0v) is 23.6. The molecule has 0 N–H and O–H groups in total. The Kier molecular flexibility index (Phi) is 15.0. The minimum absolute atomic E-state index is 0. The molecule has 2 aliphatic rings. The molecule has 5 rings (SSSR count). The summed E-state index contributed by atoms with van der Waals surface area (Å²) in [5.41, 5.74) is 5.05. The number of rotatable bonds is 3. The van der Waals surface area contributed by atoms with E-state index in [0.717, 1.165) is 12.8 Å². The van der Waals surface area contributed by atoms with Crippen molar-refractivity contribution in [1.82, 2.24) is 0 Å². The molecule has 0 saturated carbocycles. The number of hydrogen-bond donors (Lipinski definition) is 0. The average Bonchev–Trinajstić information content (AvgIpc) is 3.57. The summed E-state index contributed by atoms with van der Waals surface area (Å²) in [5.74, 6) is 0. The summed E-state index contributed by atoms with van der Waals surface area (Å²) in [5, 5.41) is 1.56. The molecule has 0 heterocycles. The maximum Gasteiger partial charge on any atom is -0.0623 e. The molecule has 0 radical (unpaired) electrons. The molecule has 2 aliphatic carbocycles. The van der Waals surface area contributed by atoms with Crippen LogP contribution in [0.4, 0.5) is 0 Å². The van der Waals surface area contributed by atoms with Crippen molar-refractivity contribution < 1.29 is 48.1 Å². The van der Waals surface area contributed by atoms with Gasteiger partial charge in [0.25, 0.3) is 0 Å². The molecule has 3 aromatic rings. The van der Waals surface area contributed by atoms with Gasteiger partial charge in [-0.05, 0) is 0 Å². The number of halogens is 2. The van der Waals surface area contributed by atoms with Crippen LogP contribution in [-0.2, 0) is 23.3 Å². The smallest absolute Gasteiger partial charge is 0.0623 e. The fourth-order valence-corrected chi connectivity index (χ4v) is 5.07. The summed E-state index contributed by atoms with van der Waals surface area (Å²) in [7, 11) is 0. The Balaban J connectivity index is 0.000000242. The minimum atomic E-state index is -0.122. The molecule has 0 spiro atoms. The summed E-state index contributed by atoms with van der Waals surface area (Å²) < 4.78 is 0. The third-order valence-electron chi connectivity index (χ3n) is 4.82. The van der Waals surface area contributed by atoms with E-state index >= 15 is 0 Å². The van der Waals surface area contributed by atoms with Crippen molar-refractivity contribution in [2.75, 3.05) is 0 Å². The van der Waals surface area contributed by atoms with Gasteiger partial charge >= 0.3 is 70.8 Å². The third-order valence-corrected chi connectivity index (χ3v) is 8.14. The molecular weight excluding hydrogens is 539 g/mol. The summed E-state index contributed by atoms with van der Waals surface area (Å²) in [6.07, 6.45) is 16.7. The fraction of sp³-hybridized carbons (Fsp3) is 0.103. The van der Waals surface area contributed by atoms with Crippen LogP contribution < -0.4 is 30.0 Å². The average molecular weight is 565 g/mol.